The molecule has 1 aromatic carbocycles. The van der Waals surface area contributed by atoms with Crippen LogP contribution in [0.5, 0.6) is 5.75 Å². The van der Waals surface area contributed by atoms with E-state index in [0.717, 1.165) is 24.6 Å². The highest BCUT2D eigenvalue weighted by Crippen LogP contribution is 2.25. The molecule has 0 aliphatic carbocycles. The summed E-state index contributed by atoms with van der Waals surface area (Å²) in [5.74, 6) is 2.14. The van der Waals surface area contributed by atoms with E-state index in [-0.39, 0.29) is 4.90 Å². The van der Waals surface area contributed by atoms with Gasteiger partial charge < -0.3 is 14.2 Å². The van der Waals surface area contributed by atoms with E-state index >= 15 is 0 Å². The maximum absolute atomic E-state index is 13.0. The first-order chi connectivity index (χ1) is 13.5. The second-order valence-corrected chi connectivity index (χ2v) is 8.57. The first-order valence-corrected chi connectivity index (χ1v) is 10.5. The summed E-state index contributed by atoms with van der Waals surface area (Å²) in [6.45, 7) is 4.01. The Kier molecular flexibility index (Phi) is 5.00. The van der Waals surface area contributed by atoms with Crippen molar-refractivity contribution >= 4 is 21.9 Å². The number of ether oxygens (including phenoxy) is 1. The summed E-state index contributed by atoms with van der Waals surface area (Å²) in [6, 6.07) is 10.3. The van der Waals surface area contributed by atoms with Crippen LogP contribution >= 0.6 is 0 Å². The third-order valence-corrected chi connectivity index (χ3v) is 6.79. The van der Waals surface area contributed by atoms with Gasteiger partial charge in [0, 0.05) is 19.6 Å². The molecule has 0 radical (unpaired) electrons. The van der Waals surface area contributed by atoms with Gasteiger partial charge in [-0.25, -0.2) is 0 Å². The lowest BCUT2D eigenvalue weighted by atomic mass is 10.3. The Morgan fingerprint density at radius 2 is 1.82 bits per heavy atom. The van der Waals surface area contributed by atoms with Crippen molar-refractivity contribution in [3.8, 4) is 5.75 Å². The summed E-state index contributed by atoms with van der Waals surface area (Å²) < 4.78 is 34.3. The molecule has 9 nitrogen and oxygen atoms in total. The molecule has 1 atom stereocenters. The molecule has 1 unspecified atom stereocenters. The molecular formula is C18H22N6O3S. The van der Waals surface area contributed by atoms with Crippen molar-refractivity contribution in [1.82, 2.24) is 24.1 Å². The molecule has 1 fully saturated rings. The standard InChI is InChI=1S/C18H22N6O3S/c1-14-19-20-17-8-9-18(21-24(14)17)22-10-3-11-23(13-12-22)28(25,26)16-6-4-15(27-2)5-7-16/h4-9H,3,10-13H2,1-2H3. The molecule has 0 N–H and O–H groups in total. The molecule has 0 saturated carbocycles. The Labute approximate surface area is 164 Å². The Balaban J connectivity index is 1.52. The lowest BCUT2D eigenvalue weighted by Crippen LogP contribution is -2.39. The number of aromatic nitrogens is 4. The predicted molar refractivity (Wildman–Crippen MR) is 104 cm³/mol. The molecular weight excluding hydrogens is 380 g/mol. The molecule has 0 bridgehead atoms. The Morgan fingerprint density at radius 1 is 1.04 bits per heavy atom. The highest BCUT2D eigenvalue weighted by Gasteiger charge is 2.32. The SMILES string of the molecule is COc1ccc([S+](=O)([O-])N2CCCN(c3ccc4nnc(C)n4n3)CC2)cc1. The van der Waals surface area contributed by atoms with Crippen molar-refractivity contribution in [2.45, 2.75) is 18.2 Å². The summed E-state index contributed by atoms with van der Waals surface area (Å²) in [5, 5.41) is 12.7. The topological polar surface area (TPSA) is 98.9 Å². The fraction of sp³-hybridized carbons (Fsp3) is 0.389. The minimum absolute atomic E-state index is 0.279. The van der Waals surface area contributed by atoms with Gasteiger partial charge in [-0.15, -0.1) is 19.6 Å². The van der Waals surface area contributed by atoms with Gasteiger partial charge in [0.25, 0.3) is 0 Å². The van der Waals surface area contributed by atoms with Gasteiger partial charge in [0.2, 0.25) is 0 Å². The molecule has 4 rings (SSSR count). The number of sulfonamides is 1. The van der Waals surface area contributed by atoms with E-state index in [1.807, 2.05) is 19.1 Å². The number of rotatable bonds is 4. The van der Waals surface area contributed by atoms with Gasteiger partial charge in [-0.1, -0.05) is 4.21 Å². The molecule has 3 aromatic rings. The number of hydrogen-bond acceptors (Lipinski definition) is 7. The van der Waals surface area contributed by atoms with Gasteiger partial charge in [-0.05, 0) is 49.7 Å². The lowest BCUT2D eigenvalue weighted by molar-refractivity contribution is 0.367. The van der Waals surface area contributed by atoms with Crippen LogP contribution in [0.2, 0.25) is 0 Å². The van der Waals surface area contributed by atoms with Crippen molar-refractivity contribution in [3.63, 3.8) is 0 Å². The maximum Gasteiger partial charge on any atom is 0.178 e. The Morgan fingerprint density at radius 3 is 2.57 bits per heavy atom. The van der Waals surface area contributed by atoms with Crippen molar-refractivity contribution in [1.29, 1.82) is 0 Å². The number of hydrogen-bond donors (Lipinski definition) is 0. The molecule has 1 saturated heterocycles. The normalized spacial score (nSPS) is 18.0. The molecule has 28 heavy (non-hydrogen) atoms. The van der Waals surface area contributed by atoms with Crippen LogP contribution in [0, 0.1) is 6.92 Å². The molecule has 2 aromatic heterocycles. The van der Waals surface area contributed by atoms with Crippen LogP contribution in [0.25, 0.3) is 5.65 Å². The highest BCUT2D eigenvalue weighted by atomic mass is 32.3. The molecule has 0 spiro atoms. The van der Waals surface area contributed by atoms with E-state index in [1.165, 1.54) is 4.31 Å². The number of nitrogens with zero attached hydrogens (tertiary/aromatic N) is 6. The molecule has 3 heterocycles. The zero-order valence-corrected chi connectivity index (χ0v) is 16.6. The van der Waals surface area contributed by atoms with Crippen molar-refractivity contribution in [3.05, 3.63) is 42.2 Å². The number of fused-ring (bicyclic) bond motifs is 1. The first-order valence-electron chi connectivity index (χ1n) is 9.07. The third-order valence-electron chi connectivity index (χ3n) is 4.88. The average Bonchev–Trinajstić information content (AvgIpc) is 2.93. The lowest BCUT2D eigenvalue weighted by Gasteiger charge is -2.26. The van der Waals surface area contributed by atoms with Crippen molar-refractivity contribution in [2.24, 2.45) is 0 Å². The summed E-state index contributed by atoms with van der Waals surface area (Å²) in [5.41, 5.74) is 0.694. The van der Waals surface area contributed by atoms with Crippen molar-refractivity contribution in [2.75, 3.05) is 38.2 Å². The van der Waals surface area contributed by atoms with Crippen LogP contribution in [0.4, 0.5) is 5.82 Å². The van der Waals surface area contributed by atoms with Crippen LogP contribution in [-0.4, -0.2) is 62.0 Å². The second kappa shape index (κ2) is 7.46. The van der Waals surface area contributed by atoms with Gasteiger partial charge >= 0.3 is 0 Å². The number of methoxy groups -OCH3 is 1. The Bertz CT molecular complexity index is 1020. The number of anilines is 1. The van der Waals surface area contributed by atoms with Gasteiger partial charge in [-0.3, -0.25) is 0 Å². The third kappa shape index (κ3) is 3.46. The molecule has 1 aliphatic heterocycles. The van der Waals surface area contributed by atoms with E-state index in [9.17, 15) is 8.76 Å². The van der Waals surface area contributed by atoms with Crippen LogP contribution in [0.15, 0.2) is 41.3 Å². The summed E-state index contributed by atoms with van der Waals surface area (Å²) in [7, 11) is -1.99. The fourth-order valence-corrected chi connectivity index (χ4v) is 4.78. The minimum atomic E-state index is -3.54. The quantitative estimate of drug-likeness (QED) is 0.611. The zero-order chi connectivity index (χ0) is 19.7. The highest BCUT2D eigenvalue weighted by molar-refractivity contribution is 7.95. The van der Waals surface area contributed by atoms with E-state index in [0.29, 0.717) is 31.0 Å². The van der Waals surface area contributed by atoms with E-state index < -0.39 is 10.4 Å². The molecule has 10 heteroatoms. The molecule has 1 aliphatic rings. The predicted octanol–water partition coefficient (Wildman–Crippen LogP) is 1.56. The summed E-state index contributed by atoms with van der Waals surface area (Å²) in [6.07, 6.45) is 0.719. The smallest absolute Gasteiger partial charge is 0.178 e. The van der Waals surface area contributed by atoms with Crippen LogP contribution < -0.4 is 9.64 Å². The van der Waals surface area contributed by atoms with Crippen LogP contribution in [0.3, 0.4) is 0 Å². The molecule has 148 valence electrons. The molecule has 0 amide bonds. The van der Waals surface area contributed by atoms with E-state index in [4.69, 9.17) is 4.74 Å². The van der Waals surface area contributed by atoms with Gasteiger partial charge in [0.05, 0.1) is 13.7 Å². The summed E-state index contributed by atoms with van der Waals surface area (Å²) >= 11 is 0. The first kappa shape index (κ1) is 18.8. The summed E-state index contributed by atoms with van der Waals surface area (Å²) in [4.78, 5) is 2.38. The van der Waals surface area contributed by atoms with Gasteiger partial charge in [-0.2, -0.15) is 4.52 Å². The monoisotopic (exact) mass is 402 g/mol. The Hall–Kier alpha value is -2.56. The van der Waals surface area contributed by atoms with Crippen LogP contribution in [-0.2, 0) is 14.6 Å². The number of benzene rings is 1. The van der Waals surface area contributed by atoms with Crippen molar-refractivity contribution < 1.29 is 13.5 Å². The number of aryl methyl sites for hydroxylation is 1. The average molecular weight is 402 g/mol. The van der Waals surface area contributed by atoms with Crippen LogP contribution in [0.1, 0.15) is 12.2 Å². The van der Waals surface area contributed by atoms with Gasteiger partial charge in [0.1, 0.15) is 11.6 Å². The maximum atomic E-state index is 13.0. The second-order valence-electron chi connectivity index (χ2n) is 6.63. The fourth-order valence-electron chi connectivity index (χ4n) is 3.32. The van der Waals surface area contributed by atoms with E-state index in [1.54, 1.807) is 35.9 Å². The largest absolute Gasteiger partial charge is 0.593 e. The van der Waals surface area contributed by atoms with E-state index in [2.05, 4.69) is 20.2 Å². The minimum Gasteiger partial charge on any atom is -0.593 e. The van der Waals surface area contributed by atoms with Gasteiger partial charge in [0.15, 0.2) is 26.8 Å². The zero-order valence-electron chi connectivity index (χ0n) is 15.8.